The first kappa shape index (κ1) is 25.5. The third-order valence-corrected chi connectivity index (χ3v) is 6.64. The Balaban J connectivity index is 1.62. The maximum atomic E-state index is 13.2. The highest BCUT2D eigenvalue weighted by atomic mass is 16.5. The van der Waals surface area contributed by atoms with Crippen molar-refractivity contribution in [3.63, 3.8) is 0 Å². The predicted molar refractivity (Wildman–Crippen MR) is 134 cm³/mol. The molecule has 1 unspecified atom stereocenters. The van der Waals surface area contributed by atoms with Gasteiger partial charge in [0.1, 0.15) is 23.5 Å². The number of furan rings is 1. The molecule has 2 atom stereocenters. The summed E-state index contributed by atoms with van der Waals surface area (Å²) in [6.45, 7) is 10.2. The topological polar surface area (TPSA) is 134 Å². The highest BCUT2D eigenvalue weighted by Gasteiger charge is 2.37. The van der Waals surface area contributed by atoms with Crippen molar-refractivity contribution in [2.45, 2.75) is 78.0 Å². The van der Waals surface area contributed by atoms with Gasteiger partial charge < -0.3 is 29.8 Å². The number of carbonyl (C=O) groups excluding carboxylic acids is 2. The molecule has 0 aromatic carbocycles. The van der Waals surface area contributed by atoms with Crippen molar-refractivity contribution in [1.82, 2.24) is 10.3 Å². The number of piperidine rings is 1. The molecule has 2 aliphatic rings. The molecule has 1 fully saturated rings. The van der Waals surface area contributed by atoms with Crippen molar-refractivity contribution in [1.29, 1.82) is 0 Å². The van der Waals surface area contributed by atoms with Crippen LogP contribution in [-0.4, -0.2) is 52.1 Å². The number of rotatable bonds is 7. The molecule has 10 nitrogen and oxygen atoms in total. The molecule has 2 aromatic heterocycles. The smallest absolute Gasteiger partial charge is 0.308 e. The van der Waals surface area contributed by atoms with E-state index < -0.39 is 23.3 Å². The Morgan fingerprint density at radius 3 is 2.78 bits per heavy atom. The maximum Gasteiger partial charge on any atom is 0.308 e. The summed E-state index contributed by atoms with van der Waals surface area (Å²) in [7, 11) is 0. The summed E-state index contributed by atoms with van der Waals surface area (Å²) in [6, 6.07) is 3.27. The number of carboxylic acids is 1. The van der Waals surface area contributed by atoms with E-state index >= 15 is 0 Å². The van der Waals surface area contributed by atoms with Crippen LogP contribution in [0.5, 0.6) is 5.88 Å². The van der Waals surface area contributed by atoms with Crippen LogP contribution in [0.2, 0.25) is 0 Å². The van der Waals surface area contributed by atoms with Gasteiger partial charge in [-0.3, -0.25) is 14.4 Å². The molecular weight excluding hydrogens is 464 g/mol. The van der Waals surface area contributed by atoms with E-state index in [-0.39, 0.29) is 35.1 Å². The number of amides is 2. The van der Waals surface area contributed by atoms with Gasteiger partial charge in [0.25, 0.3) is 11.8 Å². The van der Waals surface area contributed by atoms with Crippen LogP contribution < -0.4 is 20.3 Å². The monoisotopic (exact) mass is 498 g/mol. The molecule has 0 bridgehead atoms. The zero-order chi connectivity index (χ0) is 26.2. The van der Waals surface area contributed by atoms with E-state index in [2.05, 4.69) is 15.6 Å². The predicted octanol–water partition coefficient (Wildman–Crippen LogP) is 3.86. The lowest BCUT2D eigenvalue weighted by Crippen LogP contribution is -2.49. The fourth-order valence-corrected chi connectivity index (χ4v) is 5.08. The minimum absolute atomic E-state index is 0.143. The van der Waals surface area contributed by atoms with Crippen molar-refractivity contribution in [2.75, 3.05) is 16.8 Å². The van der Waals surface area contributed by atoms with Gasteiger partial charge in [0.15, 0.2) is 0 Å². The quantitative estimate of drug-likeness (QED) is 0.524. The van der Waals surface area contributed by atoms with Crippen LogP contribution in [0.1, 0.15) is 80.4 Å². The van der Waals surface area contributed by atoms with Gasteiger partial charge in [0.2, 0.25) is 5.88 Å². The Kier molecular flexibility index (Phi) is 6.97. The number of pyridine rings is 1. The van der Waals surface area contributed by atoms with Gasteiger partial charge >= 0.3 is 5.97 Å². The molecule has 2 aromatic rings. The molecule has 4 rings (SSSR count). The second-order valence-electron chi connectivity index (χ2n) is 10.4. The molecule has 36 heavy (non-hydrogen) atoms. The fourth-order valence-electron chi connectivity index (χ4n) is 5.08. The van der Waals surface area contributed by atoms with Crippen LogP contribution in [0, 0.1) is 5.92 Å². The lowest BCUT2D eigenvalue weighted by molar-refractivity contribution is -0.143. The zero-order valence-electron chi connectivity index (χ0n) is 21.4. The molecular formula is C26H34N4O6. The highest BCUT2D eigenvalue weighted by Crippen LogP contribution is 2.34. The first-order valence-electron chi connectivity index (χ1n) is 12.4. The SMILES string of the molecule is CCC1[C@@H](C(=O)O)CCCN1c1ccc(NC(=O)c2coc3c2C(=O)NC(C)(C)C3)c(OC(C)C)n1. The number of nitrogens with zero attached hydrogens (tertiary/aromatic N) is 2. The molecule has 0 saturated carbocycles. The van der Waals surface area contributed by atoms with Gasteiger partial charge in [-0.05, 0) is 59.1 Å². The molecule has 194 valence electrons. The highest BCUT2D eigenvalue weighted by molar-refractivity contribution is 6.13. The Morgan fingerprint density at radius 1 is 1.36 bits per heavy atom. The van der Waals surface area contributed by atoms with Gasteiger partial charge in [-0.15, -0.1) is 0 Å². The van der Waals surface area contributed by atoms with Crippen LogP contribution in [-0.2, 0) is 11.2 Å². The number of nitrogens with one attached hydrogen (secondary N) is 2. The molecule has 10 heteroatoms. The average molecular weight is 499 g/mol. The van der Waals surface area contributed by atoms with E-state index in [1.54, 1.807) is 12.1 Å². The number of aromatic nitrogens is 1. The number of aliphatic carboxylic acids is 1. The van der Waals surface area contributed by atoms with Crippen LogP contribution >= 0.6 is 0 Å². The molecule has 1 saturated heterocycles. The van der Waals surface area contributed by atoms with Crippen molar-refractivity contribution >= 4 is 29.3 Å². The van der Waals surface area contributed by atoms with Gasteiger partial charge in [0.05, 0.1) is 23.1 Å². The van der Waals surface area contributed by atoms with Crippen molar-refractivity contribution in [3.8, 4) is 5.88 Å². The summed E-state index contributed by atoms with van der Waals surface area (Å²) in [5, 5.41) is 15.4. The van der Waals surface area contributed by atoms with E-state index in [0.717, 1.165) is 6.42 Å². The number of anilines is 2. The Hall–Kier alpha value is -3.56. The summed E-state index contributed by atoms with van der Waals surface area (Å²) in [5.41, 5.74) is 0.271. The van der Waals surface area contributed by atoms with Gasteiger partial charge in [-0.1, -0.05) is 6.92 Å². The number of carbonyl (C=O) groups is 3. The summed E-state index contributed by atoms with van der Waals surface area (Å²) in [6.07, 6.45) is 3.62. The van der Waals surface area contributed by atoms with Crippen LogP contribution in [0.3, 0.4) is 0 Å². The van der Waals surface area contributed by atoms with Gasteiger partial charge in [-0.2, -0.15) is 4.98 Å². The minimum Gasteiger partial charge on any atom is -0.481 e. The number of carboxylic acid groups (broad SMARTS) is 1. The molecule has 2 aliphatic heterocycles. The van der Waals surface area contributed by atoms with Crippen molar-refractivity contribution in [2.24, 2.45) is 5.92 Å². The molecule has 4 heterocycles. The molecule has 0 spiro atoms. The molecule has 0 radical (unpaired) electrons. The molecule has 2 amide bonds. The minimum atomic E-state index is -0.801. The van der Waals surface area contributed by atoms with Crippen LogP contribution in [0.15, 0.2) is 22.8 Å². The zero-order valence-corrected chi connectivity index (χ0v) is 21.4. The summed E-state index contributed by atoms with van der Waals surface area (Å²) >= 11 is 0. The molecule has 0 aliphatic carbocycles. The summed E-state index contributed by atoms with van der Waals surface area (Å²) < 4.78 is 11.5. The van der Waals surface area contributed by atoms with Crippen LogP contribution in [0.4, 0.5) is 11.5 Å². The third-order valence-electron chi connectivity index (χ3n) is 6.64. The lowest BCUT2D eigenvalue weighted by Gasteiger charge is -2.40. The van der Waals surface area contributed by atoms with Crippen molar-refractivity contribution < 1.29 is 28.6 Å². The molecule has 3 N–H and O–H groups in total. The Bertz CT molecular complexity index is 1170. The van der Waals surface area contributed by atoms with E-state index in [4.69, 9.17) is 9.15 Å². The number of ether oxygens (including phenoxy) is 1. The maximum absolute atomic E-state index is 13.2. The number of hydrogen-bond donors (Lipinski definition) is 3. The summed E-state index contributed by atoms with van der Waals surface area (Å²) in [4.78, 5) is 44.4. The second kappa shape index (κ2) is 9.83. The third kappa shape index (κ3) is 5.03. The largest absolute Gasteiger partial charge is 0.481 e. The van der Waals surface area contributed by atoms with E-state index in [0.29, 0.717) is 43.1 Å². The first-order valence-corrected chi connectivity index (χ1v) is 12.4. The normalized spacial score (nSPS) is 21.1. The van der Waals surface area contributed by atoms with E-state index in [1.807, 2.05) is 39.5 Å². The Morgan fingerprint density at radius 2 is 2.11 bits per heavy atom. The van der Waals surface area contributed by atoms with Gasteiger partial charge in [0, 0.05) is 24.5 Å². The summed E-state index contributed by atoms with van der Waals surface area (Å²) in [5.74, 6) is -0.823. The van der Waals surface area contributed by atoms with E-state index in [9.17, 15) is 19.5 Å². The van der Waals surface area contributed by atoms with Crippen molar-refractivity contribution in [3.05, 3.63) is 35.3 Å². The standard InChI is InChI=1S/C26H34N4O6/c1-6-18-15(25(33)34)8-7-11-30(18)20-10-9-17(24(28-20)36-14(2)3)27-22(31)16-13-35-19-12-26(4,5)29-23(32)21(16)19/h9-10,13-15,18H,6-8,11-12H2,1-5H3,(H,27,31)(H,29,32)(H,33,34)/t15-,18?/m0/s1. The van der Waals surface area contributed by atoms with E-state index in [1.165, 1.54) is 6.26 Å². The fraction of sp³-hybridized carbons (Fsp3) is 0.538. The average Bonchev–Trinajstić information content (AvgIpc) is 3.22. The lowest BCUT2D eigenvalue weighted by atomic mass is 9.87. The second-order valence-corrected chi connectivity index (χ2v) is 10.4. The first-order chi connectivity index (χ1) is 17.0. The van der Waals surface area contributed by atoms with Gasteiger partial charge in [-0.25, -0.2) is 0 Å². The van der Waals surface area contributed by atoms with Crippen LogP contribution in [0.25, 0.3) is 0 Å². The number of fused-ring (bicyclic) bond motifs is 1. The Labute approximate surface area is 210 Å². The number of hydrogen-bond acceptors (Lipinski definition) is 7.